The summed E-state index contributed by atoms with van der Waals surface area (Å²) >= 11 is 0. The van der Waals surface area contributed by atoms with Gasteiger partial charge in [0, 0.05) is 33.2 Å². The van der Waals surface area contributed by atoms with Crippen molar-refractivity contribution in [2.45, 2.75) is 37.5 Å². The van der Waals surface area contributed by atoms with E-state index in [0.29, 0.717) is 5.82 Å². The van der Waals surface area contributed by atoms with Crippen molar-refractivity contribution in [1.82, 2.24) is 19.9 Å². The molecule has 0 spiro atoms. The molecule has 1 fully saturated rings. The zero-order chi connectivity index (χ0) is 36.7. The molecule has 8 rings (SSSR count). The van der Waals surface area contributed by atoms with E-state index in [1.54, 1.807) is 6.08 Å². The van der Waals surface area contributed by atoms with Crippen molar-refractivity contribution in [3.63, 3.8) is 0 Å². The summed E-state index contributed by atoms with van der Waals surface area (Å²) in [4.78, 5) is 20.2. The van der Waals surface area contributed by atoms with Crippen molar-refractivity contribution in [2.24, 2.45) is 0 Å². The summed E-state index contributed by atoms with van der Waals surface area (Å²) in [6.07, 6.45) is 11.4. The topological polar surface area (TPSA) is 51.6 Å². The first-order valence-electron chi connectivity index (χ1n) is 18.8. The molecule has 2 aromatic heterocycles. The number of benzene rings is 5. The first kappa shape index (κ1) is 34.6. The van der Waals surface area contributed by atoms with Gasteiger partial charge in [-0.05, 0) is 41.7 Å². The van der Waals surface area contributed by atoms with Crippen LogP contribution in [0.1, 0.15) is 48.9 Å². The van der Waals surface area contributed by atoms with Gasteiger partial charge in [-0.3, -0.25) is 0 Å². The maximum atomic E-state index is 5.08. The summed E-state index contributed by atoms with van der Waals surface area (Å²) in [7, 11) is 0. The summed E-state index contributed by atoms with van der Waals surface area (Å²) in [6.45, 7) is 7.93. The van der Waals surface area contributed by atoms with E-state index < -0.39 is 0 Å². The number of aromatic nitrogens is 4. The molecular formula is C50H42N4. The van der Waals surface area contributed by atoms with Crippen molar-refractivity contribution in [3.8, 4) is 56.5 Å². The molecule has 1 aliphatic rings. The molecule has 0 radical (unpaired) electrons. The van der Waals surface area contributed by atoms with Crippen LogP contribution >= 0.6 is 0 Å². The Bertz CT molecular complexity index is 2350. The van der Waals surface area contributed by atoms with Crippen LogP contribution in [0.4, 0.5) is 0 Å². The molecule has 0 N–H and O–H groups in total. The van der Waals surface area contributed by atoms with Crippen molar-refractivity contribution in [3.05, 3.63) is 200 Å². The average Bonchev–Trinajstić information content (AvgIpc) is 3.26. The minimum Gasteiger partial charge on any atom is -0.228 e. The van der Waals surface area contributed by atoms with E-state index in [1.165, 1.54) is 30.4 Å². The number of nitrogens with zero attached hydrogens (tertiary/aromatic N) is 4. The lowest BCUT2D eigenvalue weighted by atomic mass is 9.65. The molecule has 54 heavy (non-hydrogen) atoms. The SMILES string of the molecule is C=C/C=C(\C=C)c1cc(-c2ccccc2)nc(-c2ccc(C3(c4ccc(-c5nc(-c6ccccc6)cc(-c6ccccc6)n5)cc4)CCCCC3)cc2)n1. The molecule has 0 bridgehead atoms. The highest BCUT2D eigenvalue weighted by molar-refractivity contribution is 5.77. The highest BCUT2D eigenvalue weighted by Gasteiger charge is 2.35. The van der Waals surface area contributed by atoms with Gasteiger partial charge in [-0.15, -0.1) is 0 Å². The first-order chi connectivity index (χ1) is 26.6. The van der Waals surface area contributed by atoms with Gasteiger partial charge in [0.15, 0.2) is 11.6 Å². The van der Waals surface area contributed by atoms with E-state index in [2.05, 4.69) is 128 Å². The third-order valence-corrected chi connectivity index (χ3v) is 10.6. The van der Waals surface area contributed by atoms with Gasteiger partial charge in [0.2, 0.25) is 0 Å². The molecule has 0 amide bonds. The van der Waals surface area contributed by atoms with Gasteiger partial charge in [0.05, 0.1) is 22.8 Å². The molecule has 7 aromatic rings. The molecule has 0 aliphatic heterocycles. The number of hydrogen-bond donors (Lipinski definition) is 0. The minimum atomic E-state index is -0.0855. The van der Waals surface area contributed by atoms with Crippen molar-refractivity contribution in [2.75, 3.05) is 0 Å². The Kier molecular flexibility index (Phi) is 9.99. The Morgan fingerprint density at radius 2 is 0.889 bits per heavy atom. The van der Waals surface area contributed by atoms with Crippen LogP contribution < -0.4 is 0 Å². The minimum absolute atomic E-state index is 0.0855. The van der Waals surface area contributed by atoms with Gasteiger partial charge < -0.3 is 0 Å². The zero-order valence-corrected chi connectivity index (χ0v) is 30.4. The molecule has 5 aromatic carbocycles. The fourth-order valence-corrected chi connectivity index (χ4v) is 7.73. The Hall–Kier alpha value is -6.52. The molecule has 1 aliphatic carbocycles. The van der Waals surface area contributed by atoms with Crippen LogP contribution in [0.2, 0.25) is 0 Å². The van der Waals surface area contributed by atoms with E-state index in [0.717, 1.165) is 74.8 Å². The highest BCUT2D eigenvalue weighted by atomic mass is 14.9. The summed E-state index contributed by atoms with van der Waals surface area (Å²) in [6, 6.07) is 53.0. The Balaban J connectivity index is 1.15. The van der Waals surface area contributed by atoms with Gasteiger partial charge in [0.1, 0.15) is 0 Å². The van der Waals surface area contributed by atoms with Crippen LogP contribution in [0.5, 0.6) is 0 Å². The fraction of sp³-hybridized carbons (Fsp3) is 0.120. The second-order valence-corrected chi connectivity index (χ2v) is 13.9. The molecular weight excluding hydrogens is 657 g/mol. The van der Waals surface area contributed by atoms with Crippen LogP contribution in [0.3, 0.4) is 0 Å². The van der Waals surface area contributed by atoms with Crippen LogP contribution in [0.25, 0.3) is 62.1 Å². The Morgan fingerprint density at radius 3 is 1.31 bits per heavy atom. The number of hydrogen-bond acceptors (Lipinski definition) is 4. The largest absolute Gasteiger partial charge is 0.228 e. The van der Waals surface area contributed by atoms with Crippen LogP contribution in [-0.4, -0.2) is 19.9 Å². The Morgan fingerprint density at radius 1 is 0.463 bits per heavy atom. The predicted octanol–water partition coefficient (Wildman–Crippen LogP) is 12.6. The van der Waals surface area contributed by atoms with Gasteiger partial charge in [-0.1, -0.05) is 190 Å². The quantitative estimate of drug-likeness (QED) is 0.133. The summed E-state index contributed by atoms with van der Waals surface area (Å²) in [5.41, 5.74) is 12.1. The van der Waals surface area contributed by atoms with Crippen molar-refractivity contribution in [1.29, 1.82) is 0 Å². The number of allylic oxidation sites excluding steroid dienone is 4. The predicted molar refractivity (Wildman–Crippen MR) is 223 cm³/mol. The second kappa shape index (κ2) is 15.6. The summed E-state index contributed by atoms with van der Waals surface area (Å²) in [5, 5.41) is 0. The molecule has 0 unspecified atom stereocenters. The maximum absolute atomic E-state index is 5.08. The van der Waals surface area contributed by atoms with Crippen LogP contribution in [0, 0.1) is 0 Å². The molecule has 262 valence electrons. The molecule has 1 saturated carbocycles. The van der Waals surface area contributed by atoms with Gasteiger partial charge in [0.25, 0.3) is 0 Å². The van der Waals surface area contributed by atoms with Crippen molar-refractivity contribution >= 4 is 5.57 Å². The van der Waals surface area contributed by atoms with E-state index >= 15 is 0 Å². The normalized spacial score (nSPS) is 14.0. The standard InChI is InChI=1S/C50H42N4/c1-3-17-36(4-2)44-34-45(37-18-9-5-10-19-37)52-48(51-44)40-24-28-42(29-25-40)50(32-15-8-16-33-50)43-30-26-41(27-31-43)49-53-46(38-20-11-6-12-21-38)35-47(54-49)39-22-13-7-14-23-39/h3-7,9-14,17-31,34-35H,1-2,8,15-16,32-33H2/b36-17+. The lowest BCUT2D eigenvalue weighted by Crippen LogP contribution is -2.30. The lowest BCUT2D eigenvalue weighted by Gasteiger charge is -2.39. The third kappa shape index (κ3) is 7.11. The molecule has 4 heteroatoms. The van der Waals surface area contributed by atoms with Crippen LogP contribution in [-0.2, 0) is 5.41 Å². The number of rotatable bonds is 10. The van der Waals surface area contributed by atoms with Gasteiger partial charge >= 0.3 is 0 Å². The highest BCUT2D eigenvalue weighted by Crippen LogP contribution is 2.45. The molecule has 0 atom stereocenters. The zero-order valence-electron chi connectivity index (χ0n) is 30.4. The van der Waals surface area contributed by atoms with Crippen LogP contribution in [0.15, 0.2) is 183 Å². The fourth-order valence-electron chi connectivity index (χ4n) is 7.73. The van der Waals surface area contributed by atoms with E-state index in [1.807, 2.05) is 48.6 Å². The summed E-state index contributed by atoms with van der Waals surface area (Å²) < 4.78 is 0. The smallest absolute Gasteiger partial charge is 0.160 e. The van der Waals surface area contributed by atoms with E-state index in [9.17, 15) is 0 Å². The molecule has 4 nitrogen and oxygen atoms in total. The monoisotopic (exact) mass is 698 g/mol. The van der Waals surface area contributed by atoms with Crippen molar-refractivity contribution < 1.29 is 0 Å². The van der Waals surface area contributed by atoms with E-state index in [4.69, 9.17) is 19.9 Å². The van der Waals surface area contributed by atoms with Gasteiger partial charge in [-0.25, -0.2) is 19.9 Å². The van der Waals surface area contributed by atoms with Gasteiger partial charge in [-0.2, -0.15) is 0 Å². The maximum Gasteiger partial charge on any atom is 0.160 e. The first-order valence-corrected chi connectivity index (χ1v) is 18.8. The lowest BCUT2D eigenvalue weighted by molar-refractivity contribution is 0.346. The second-order valence-electron chi connectivity index (χ2n) is 13.9. The third-order valence-electron chi connectivity index (χ3n) is 10.6. The summed E-state index contributed by atoms with van der Waals surface area (Å²) in [5.74, 6) is 1.41. The molecule has 2 heterocycles. The van der Waals surface area contributed by atoms with E-state index in [-0.39, 0.29) is 5.41 Å². The molecule has 0 saturated heterocycles. The Labute approximate surface area is 318 Å². The average molecular weight is 699 g/mol.